The molecule has 0 atom stereocenters. The van der Waals surface area contributed by atoms with E-state index in [1.165, 1.54) is 12.1 Å². The average Bonchev–Trinajstić information content (AvgIpc) is 2.23. The predicted molar refractivity (Wildman–Crippen MR) is 61.2 cm³/mol. The summed E-state index contributed by atoms with van der Waals surface area (Å²) in [5.74, 6) is -2.06. The quantitative estimate of drug-likeness (QED) is 0.844. The molecule has 0 amide bonds. The molecule has 1 aromatic rings. The van der Waals surface area contributed by atoms with Crippen LogP contribution in [-0.4, -0.2) is 33.7 Å². The van der Waals surface area contributed by atoms with Crippen LogP contribution < -0.4 is 0 Å². The Balaban J connectivity index is 2.84. The molecule has 0 heterocycles. The van der Waals surface area contributed by atoms with E-state index in [1.54, 1.807) is 31.9 Å². The third-order valence-corrected chi connectivity index (χ3v) is 2.91. The van der Waals surface area contributed by atoms with Gasteiger partial charge in [0.1, 0.15) is 5.54 Å². The summed E-state index contributed by atoms with van der Waals surface area (Å²) in [7, 11) is 1.65. The first kappa shape index (κ1) is 13.4. The highest BCUT2D eigenvalue weighted by atomic mass is 19.1. The molecule has 0 aromatic heterocycles. The topological polar surface area (TPSA) is 60.8 Å². The van der Waals surface area contributed by atoms with E-state index < -0.39 is 23.1 Å². The molecule has 0 fully saturated rings. The molecule has 0 aliphatic carbocycles. The number of carboxylic acids is 1. The second-order valence-corrected chi connectivity index (χ2v) is 4.51. The Bertz CT molecular complexity index is 432. The third kappa shape index (κ3) is 2.94. The minimum Gasteiger partial charge on any atom is -0.505 e. The zero-order valence-electron chi connectivity index (χ0n) is 10.1. The summed E-state index contributed by atoms with van der Waals surface area (Å²) >= 11 is 0. The lowest BCUT2D eigenvalue weighted by molar-refractivity contribution is -0.148. The summed E-state index contributed by atoms with van der Waals surface area (Å²) in [6.07, 6.45) is 0. The number of phenolic OH excluding ortho intramolecular Hbond substituents is 1. The largest absolute Gasteiger partial charge is 0.505 e. The second-order valence-electron chi connectivity index (χ2n) is 4.51. The van der Waals surface area contributed by atoms with Crippen LogP contribution in [0.4, 0.5) is 4.39 Å². The Labute approximate surface area is 99.3 Å². The highest BCUT2D eigenvalue weighted by Gasteiger charge is 2.31. The predicted octanol–water partition coefficient (Wildman–Crippen LogP) is 1.83. The maximum Gasteiger partial charge on any atom is 0.323 e. The molecule has 0 bridgehead atoms. The lowest BCUT2D eigenvalue weighted by Gasteiger charge is -2.31. The SMILES string of the molecule is CN(Cc1ccc(O)c(F)c1)C(C)(C)C(=O)O. The molecule has 5 heteroatoms. The number of nitrogens with zero attached hydrogens (tertiary/aromatic N) is 1. The van der Waals surface area contributed by atoms with E-state index in [4.69, 9.17) is 10.2 Å². The molecule has 1 aromatic carbocycles. The van der Waals surface area contributed by atoms with Crippen LogP contribution in [0.5, 0.6) is 5.75 Å². The monoisotopic (exact) mass is 241 g/mol. The van der Waals surface area contributed by atoms with Crippen LogP contribution in [-0.2, 0) is 11.3 Å². The summed E-state index contributed by atoms with van der Waals surface area (Å²) in [6.45, 7) is 3.44. The van der Waals surface area contributed by atoms with Gasteiger partial charge in [-0.25, -0.2) is 4.39 Å². The Morgan fingerprint density at radius 2 is 2.06 bits per heavy atom. The molecule has 2 N–H and O–H groups in total. The molecule has 94 valence electrons. The van der Waals surface area contributed by atoms with Gasteiger partial charge in [0.05, 0.1) is 0 Å². The molecule has 0 saturated heterocycles. The van der Waals surface area contributed by atoms with Gasteiger partial charge in [0.15, 0.2) is 11.6 Å². The van der Waals surface area contributed by atoms with Gasteiger partial charge in [-0.1, -0.05) is 6.07 Å². The van der Waals surface area contributed by atoms with Crippen LogP contribution in [0, 0.1) is 5.82 Å². The minimum atomic E-state index is -1.03. The van der Waals surface area contributed by atoms with Crippen LogP contribution in [0.15, 0.2) is 18.2 Å². The van der Waals surface area contributed by atoms with Crippen molar-refractivity contribution < 1.29 is 19.4 Å². The maximum absolute atomic E-state index is 13.1. The van der Waals surface area contributed by atoms with Crippen molar-refractivity contribution in [3.63, 3.8) is 0 Å². The molecule has 0 aliphatic rings. The lowest BCUT2D eigenvalue weighted by Crippen LogP contribution is -2.47. The molecule has 0 spiro atoms. The van der Waals surface area contributed by atoms with Crippen molar-refractivity contribution >= 4 is 5.97 Å². The molecular weight excluding hydrogens is 225 g/mol. The number of aliphatic carboxylic acids is 1. The number of rotatable bonds is 4. The van der Waals surface area contributed by atoms with Crippen molar-refractivity contribution in [1.82, 2.24) is 4.90 Å². The van der Waals surface area contributed by atoms with Gasteiger partial charge in [0.2, 0.25) is 0 Å². The number of likely N-dealkylation sites (N-methyl/N-ethyl adjacent to an activating group) is 1. The molecule has 4 nitrogen and oxygen atoms in total. The first-order valence-electron chi connectivity index (χ1n) is 5.17. The third-order valence-electron chi connectivity index (χ3n) is 2.91. The summed E-state index contributed by atoms with van der Waals surface area (Å²) in [5, 5.41) is 18.1. The number of phenols is 1. The van der Waals surface area contributed by atoms with Gasteiger partial charge in [0, 0.05) is 6.54 Å². The lowest BCUT2D eigenvalue weighted by atomic mass is 10.0. The van der Waals surface area contributed by atoms with Gasteiger partial charge in [-0.2, -0.15) is 0 Å². The van der Waals surface area contributed by atoms with Crippen molar-refractivity contribution in [2.24, 2.45) is 0 Å². The molecule has 0 aliphatic heterocycles. The van der Waals surface area contributed by atoms with Crippen LogP contribution in [0.1, 0.15) is 19.4 Å². The Hall–Kier alpha value is -1.62. The van der Waals surface area contributed by atoms with Gasteiger partial charge >= 0.3 is 5.97 Å². The zero-order chi connectivity index (χ0) is 13.2. The van der Waals surface area contributed by atoms with Gasteiger partial charge in [0.25, 0.3) is 0 Å². The standard InChI is InChI=1S/C12H16FNO3/c1-12(2,11(16)17)14(3)7-8-4-5-10(15)9(13)6-8/h4-6,15H,7H2,1-3H3,(H,16,17). The number of benzene rings is 1. The fourth-order valence-corrected chi connectivity index (χ4v) is 1.28. The fraction of sp³-hybridized carbons (Fsp3) is 0.417. The Morgan fingerprint density at radius 3 is 2.53 bits per heavy atom. The summed E-state index contributed by atoms with van der Waals surface area (Å²) in [4.78, 5) is 12.6. The van der Waals surface area contributed by atoms with Gasteiger partial charge in [-0.05, 0) is 38.6 Å². The minimum absolute atomic E-state index is 0.288. The fourth-order valence-electron chi connectivity index (χ4n) is 1.28. The van der Waals surface area contributed by atoms with Gasteiger partial charge in [-0.3, -0.25) is 9.69 Å². The Morgan fingerprint density at radius 1 is 1.47 bits per heavy atom. The van der Waals surface area contributed by atoms with E-state index in [0.717, 1.165) is 0 Å². The van der Waals surface area contributed by atoms with Crippen molar-refractivity contribution in [2.75, 3.05) is 7.05 Å². The number of hydrogen-bond donors (Lipinski definition) is 2. The molecule has 0 unspecified atom stereocenters. The van der Waals surface area contributed by atoms with Crippen molar-refractivity contribution in [1.29, 1.82) is 0 Å². The zero-order valence-corrected chi connectivity index (χ0v) is 10.1. The van der Waals surface area contributed by atoms with E-state index in [1.807, 2.05) is 0 Å². The molecule has 1 rings (SSSR count). The normalized spacial score (nSPS) is 11.8. The summed E-state index contributed by atoms with van der Waals surface area (Å²) < 4.78 is 13.1. The smallest absolute Gasteiger partial charge is 0.323 e. The van der Waals surface area contributed by atoms with E-state index in [2.05, 4.69) is 0 Å². The highest BCUT2D eigenvalue weighted by molar-refractivity contribution is 5.77. The van der Waals surface area contributed by atoms with Gasteiger partial charge in [-0.15, -0.1) is 0 Å². The van der Waals surface area contributed by atoms with Crippen LogP contribution in [0.25, 0.3) is 0 Å². The molecule has 0 radical (unpaired) electrons. The molecule has 0 saturated carbocycles. The van der Waals surface area contributed by atoms with E-state index in [9.17, 15) is 9.18 Å². The first-order valence-corrected chi connectivity index (χ1v) is 5.17. The first-order chi connectivity index (χ1) is 7.75. The highest BCUT2D eigenvalue weighted by Crippen LogP contribution is 2.20. The van der Waals surface area contributed by atoms with Crippen molar-refractivity contribution in [3.05, 3.63) is 29.6 Å². The molecular formula is C12H16FNO3. The summed E-state index contributed by atoms with van der Waals surface area (Å²) in [6, 6.07) is 4.02. The second kappa shape index (κ2) is 4.71. The number of hydrogen-bond acceptors (Lipinski definition) is 3. The van der Waals surface area contributed by atoms with Crippen LogP contribution in [0.3, 0.4) is 0 Å². The van der Waals surface area contributed by atoms with Crippen LogP contribution >= 0.6 is 0 Å². The number of carbonyl (C=O) groups is 1. The van der Waals surface area contributed by atoms with Gasteiger partial charge < -0.3 is 10.2 Å². The van der Waals surface area contributed by atoms with E-state index >= 15 is 0 Å². The Kier molecular flexibility index (Phi) is 3.72. The van der Waals surface area contributed by atoms with Crippen molar-refractivity contribution in [2.45, 2.75) is 25.9 Å². The number of carboxylic acid groups (broad SMARTS) is 1. The maximum atomic E-state index is 13.1. The van der Waals surface area contributed by atoms with Crippen molar-refractivity contribution in [3.8, 4) is 5.75 Å². The van der Waals surface area contributed by atoms with E-state index in [-0.39, 0.29) is 6.54 Å². The molecule has 17 heavy (non-hydrogen) atoms. The number of aromatic hydroxyl groups is 1. The number of halogens is 1. The van der Waals surface area contributed by atoms with E-state index in [0.29, 0.717) is 5.56 Å². The van der Waals surface area contributed by atoms with Crippen LogP contribution in [0.2, 0.25) is 0 Å². The average molecular weight is 241 g/mol. The summed E-state index contributed by atoms with van der Waals surface area (Å²) in [5.41, 5.74) is -0.425.